The summed E-state index contributed by atoms with van der Waals surface area (Å²) in [4.78, 5) is 28.7. The molecule has 10 heteroatoms. The fraction of sp³-hybridized carbons (Fsp3) is 0.0909. The van der Waals surface area contributed by atoms with Crippen molar-refractivity contribution in [2.75, 3.05) is 11.3 Å². The van der Waals surface area contributed by atoms with Crippen LogP contribution in [0.3, 0.4) is 0 Å². The lowest BCUT2D eigenvalue weighted by molar-refractivity contribution is 0.0954. The van der Waals surface area contributed by atoms with Crippen molar-refractivity contribution in [1.29, 1.82) is 0 Å². The number of fused-ring (bicyclic) bond motifs is 1. The first-order valence-electron chi connectivity index (χ1n) is 9.68. The molecule has 1 aromatic heterocycles. The van der Waals surface area contributed by atoms with Crippen LogP contribution in [0.5, 0.6) is 0 Å². The summed E-state index contributed by atoms with van der Waals surface area (Å²) in [6, 6.07) is 16.3. The zero-order chi connectivity index (χ0) is 22.7. The van der Waals surface area contributed by atoms with Crippen LogP contribution in [0.4, 0.5) is 10.1 Å². The summed E-state index contributed by atoms with van der Waals surface area (Å²) < 4.78 is 40.7. The van der Waals surface area contributed by atoms with Gasteiger partial charge in [-0.3, -0.25) is 9.52 Å². The Balaban J connectivity index is 1.38. The molecule has 1 amide bonds. The monoisotopic (exact) mass is 454 g/mol. The zero-order valence-electron chi connectivity index (χ0n) is 16.7. The number of nitrogens with one attached hydrogen (secondary N) is 4. The maximum absolute atomic E-state index is 12.9. The molecule has 0 aliphatic carbocycles. The molecule has 0 aliphatic rings. The van der Waals surface area contributed by atoms with Crippen LogP contribution in [0.2, 0.25) is 0 Å². The number of aromatic amines is 2. The predicted molar refractivity (Wildman–Crippen MR) is 119 cm³/mol. The third kappa shape index (κ3) is 4.86. The molecule has 4 aromatic rings. The van der Waals surface area contributed by atoms with Crippen LogP contribution in [0, 0.1) is 5.82 Å². The van der Waals surface area contributed by atoms with E-state index in [9.17, 15) is 22.4 Å². The number of halogens is 1. The van der Waals surface area contributed by atoms with Crippen molar-refractivity contribution in [3.05, 3.63) is 94.2 Å². The Morgan fingerprint density at radius 3 is 2.31 bits per heavy atom. The Hall–Kier alpha value is -3.92. The number of amides is 1. The van der Waals surface area contributed by atoms with Gasteiger partial charge < -0.3 is 15.3 Å². The minimum Gasteiger partial charge on any atom is -0.352 e. The Kier molecular flexibility index (Phi) is 5.78. The molecule has 0 radical (unpaired) electrons. The lowest BCUT2D eigenvalue weighted by Gasteiger charge is -2.09. The van der Waals surface area contributed by atoms with E-state index in [1.165, 1.54) is 54.6 Å². The smallest absolute Gasteiger partial charge is 0.323 e. The van der Waals surface area contributed by atoms with Crippen LogP contribution < -0.4 is 15.7 Å². The Morgan fingerprint density at radius 2 is 1.59 bits per heavy atom. The highest BCUT2D eigenvalue weighted by Crippen LogP contribution is 2.19. The van der Waals surface area contributed by atoms with E-state index in [2.05, 4.69) is 20.0 Å². The molecule has 0 aliphatic heterocycles. The summed E-state index contributed by atoms with van der Waals surface area (Å²) in [6.07, 6.45) is 0.556. The van der Waals surface area contributed by atoms with Gasteiger partial charge in [0.05, 0.1) is 15.9 Å². The quantitative estimate of drug-likeness (QED) is 0.343. The maximum atomic E-state index is 12.9. The number of hydrogen-bond acceptors (Lipinski definition) is 4. The van der Waals surface area contributed by atoms with Crippen molar-refractivity contribution < 1.29 is 17.6 Å². The zero-order valence-corrected chi connectivity index (χ0v) is 17.5. The fourth-order valence-electron chi connectivity index (χ4n) is 3.16. The number of imidazole rings is 1. The van der Waals surface area contributed by atoms with E-state index in [-0.39, 0.29) is 22.3 Å². The second kappa shape index (κ2) is 8.67. The van der Waals surface area contributed by atoms with Gasteiger partial charge in [0.1, 0.15) is 5.82 Å². The number of H-pyrrole nitrogens is 2. The van der Waals surface area contributed by atoms with Crippen molar-refractivity contribution in [2.24, 2.45) is 0 Å². The molecule has 0 fully saturated rings. The molecular weight excluding hydrogens is 435 g/mol. The number of carbonyl (C=O) groups is 1. The Labute approximate surface area is 182 Å². The molecule has 0 saturated carbocycles. The standard InChI is InChI=1S/C22H19FN4O4S/c23-16-5-1-14(2-6-16)11-12-24-21(28)15-3-7-17(8-4-15)27-32(30,31)18-9-10-19-20(13-18)26-22(29)25-19/h1-10,13,27H,11-12H2,(H,24,28)(H2,25,26,29). The van der Waals surface area contributed by atoms with Gasteiger partial charge in [-0.1, -0.05) is 12.1 Å². The molecule has 3 aromatic carbocycles. The number of hydrogen-bond donors (Lipinski definition) is 4. The average Bonchev–Trinajstić information content (AvgIpc) is 3.14. The molecule has 0 unspecified atom stereocenters. The molecule has 0 atom stereocenters. The number of carbonyl (C=O) groups excluding carboxylic acids is 1. The number of rotatable bonds is 7. The molecule has 0 spiro atoms. The van der Waals surface area contributed by atoms with Gasteiger partial charge in [0.15, 0.2) is 0 Å². The van der Waals surface area contributed by atoms with E-state index < -0.39 is 15.7 Å². The molecule has 8 nitrogen and oxygen atoms in total. The van der Waals surface area contributed by atoms with Gasteiger partial charge in [-0.25, -0.2) is 17.6 Å². The summed E-state index contributed by atoms with van der Waals surface area (Å²) in [7, 11) is -3.89. The van der Waals surface area contributed by atoms with Gasteiger partial charge in [-0.05, 0) is 66.6 Å². The third-order valence-corrected chi connectivity index (χ3v) is 6.19. The summed E-state index contributed by atoms with van der Waals surface area (Å²) in [5.41, 5.74) is 2.02. The van der Waals surface area contributed by atoms with Crippen molar-refractivity contribution in [3.8, 4) is 0 Å². The van der Waals surface area contributed by atoms with Crippen molar-refractivity contribution in [2.45, 2.75) is 11.3 Å². The number of benzene rings is 3. The first-order chi connectivity index (χ1) is 15.3. The molecule has 0 saturated heterocycles. The number of anilines is 1. The largest absolute Gasteiger partial charge is 0.352 e. The first-order valence-corrected chi connectivity index (χ1v) is 11.2. The molecule has 32 heavy (non-hydrogen) atoms. The van der Waals surface area contributed by atoms with Gasteiger partial charge >= 0.3 is 5.69 Å². The molecule has 164 valence electrons. The predicted octanol–water partition coefficient (Wildman–Crippen LogP) is 2.77. The van der Waals surface area contributed by atoms with Crippen molar-refractivity contribution >= 4 is 32.7 Å². The SMILES string of the molecule is O=C(NCCc1ccc(F)cc1)c1ccc(NS(=O)(=O)c2ccc3[nH]c(=O)[nH]c3c2)cc1. The summed E-state index contributed by atoms with van der Waals surface area (Å²) >= 11 is 0. The Morgan fingerprint density at radius 1 is 0.906 bits per heavy atom. The van der Waals surface area contributed by atoms with E-state index in [0.29, 0.717) is 29.6 Å². The van der Waals surface area contributed by atoms with Gasteiger partial charge in [0.2, 0.25) is 0 Å². The van der Waals surface area contributed by atoms with Crippen LogP contribution in [0.15, 0.2) is 76.4 Å². The molecule has 4 rings (SSSR count). The Bertz CT molecular complexity index is 1430. The van der Waals surface area contributed by atoms with Crippen LogP contribution in [0.25, 0.3) is 11.0 Å². The minimum absolute atomic E-state index is 0.0112. The van der Waals surface area contributed by atoms with E-state index >= 15 is 0 Å². The second-order valence-electron chi connectivity index (χ2n) is 7.10. The maximum Gasteiger partial charge on any atom is 0.323 e. The normalized spacial score (nSPS) is 11.4. The van der Waals surface area contributed by atoms with Crippen molar-refractivity contribution in [3.63, 3.8) is 0 Å². The van der Waals surface area contributed by atoms with Crippen LogP contribution >= 0.6 is 0 Å². The molecule has 0 bridgehead atoms. The lowest BCUT2D eigenvalue weighted by Crippen LogP contribution is -2.25. The lowest BCUT2D eigenvalue weighted by atomic mass is 10.1. The van der Waals surface area contributed by atoms with Crippen LogP contribution in [0.1, 0.15) is 15.9 Å². The van der Waals surface area contributed by atoms with E-state index in [4.69, 9.17) is 0 Å². The topological polar surface area (TPSA) is 124 Å². The third-order valence-electron chi connectivity index (χ3n) is 4.81. The van der Waals surface area contributed by atoms with E-state index in [1.54, 1.807) is 12.1 Å². The first kappa shape index (κ1) is 21.3. The minimum atomic E-state index is -3.89. The van der Waals surface area contributed by atoms with Crippen LogP contribution in [-0.2, 0) is 16.4 Å². The van der Waals surface area contributed by atoms with Gasteiger partial charge in [-0.2, -0.15) is 0 Å². The van der Waals surface area contributed by atoms with Gasteiger partial charge in [0, 0.05) is 17.8 Å². The molecular formula is C22H19FN4O4S. The fourth-order valence-corrected chi connectivity index (χ4v) is 4.24. The number of aromatic nitrogens is 2. The highest BCUT2D eigenvalue weighted by Gasteiger charge is 2.16. The summed E-state index contributed by atoms with van der Waals surface area (Å²) in [6.45, 7) is 0.378. The average molecular weight is 454 g/mol. The van der Waals surface area contributed by atoms with Gasteiger partial charge in [0.25, 0.3) is 15.9 Å². The summed E-state index contributed by atoms with van der Waals surface area (Å²) in [5, 5.41) is 2.77. The highest BCUT2D eigenvalue weighted by atomic mass is 32.2. The second-order valence-corrected chi connectivity index (χ2v) is 8.78. The summed E-state index contributed by atoms with van der Waals surface area (Å²) in [5.74, 6) is -0.614. The molecule has 1 heterocycles. The van der Waals surface area contributed by atoms with E-state index in [0.717, 1.165) is 5.56 Å². The molecule has 4 N–H and O–H groups in total. The number of sulfonamides is 1. The van der Waals surface area contributed by atoms with E-state index in [1.807, 2.05) is 0 Å². The van der Waals surface area contributed by atoms with Crippen molar-refractivity contribution in [1.82, 2.24) is 15.3 Å². The van der Waals surface area contributed by atoms with Crippen LogP contribution in [-0.4, -0.2) is 30.8 Å². The highest BCUT2D eigenvalue weighted by molar-refractivity contribution is 7.92. The van der Waals surface area contributed by atoms with Gasteiger partial charge in [-0.15, -0.1) is 0 Å².